The van der Waals surface area contributed by atoms with Crippen LogP contribution in [0.15, 0.2) is 18.2 Å². The largest absolute Gasteiger partial charge is 0.377 e. The van der Waals surface area contributed by atoms with Crippen LogP contribution in [0.2, 0.25) is 0 Å². The summed E-state index contributed by atoms with van der Waals surface area (Å²) in [5.41, 5.74) is 3.35. The molecule has 0 aliphatic carbocycles. The maximum atomic E-state index is 12.3. The van der Waals surface area contributed by atoms with Gasteiger partial charge in [-0.1, -0.05) is 23.5 Å². The predicted molar refractivity (Wildman–Crippen MR) is 108 cm³/mol. The lowest BCUT2D eigenvalue weighted by atomic mass is 9.96. The number of aromatic nitrogens is 4. The van der Waals surface area contributed by atoms with Crippen LogP contribution in [0.3, 0.4) is 0 Å². The number of amides is 1. The summed E-state index contributed by atoms with van der Waals surface area (Å²) in [6.07, 6.45) is 1.98. The van der Waals surface area contributed by atoms with Gasteiger partial charge in [0.2, 0.25) is 11.0 Å². The minimum Gasteiger partial charge on any atom is -0.377 e. The maximum Gasteiger partial charge on any atom is 0.240 e. The van der Waals surface area contributed by atoms with E-state index >= 15 is 0 Å². The number of benzene rings is 1. The molecule has 2 N–H and O–H groups in total. The number of para-hydroxylation sites is 1. The van der Waals surface area contributed by atoms with Crippen molar-refractivity contribution in [3.63, 3.8) is 0 Å². The first-order valence-electron chi connectivity index (χ1n) is 9.41. The zero-order chi connectivity index (χ0) is 19.5. The molecule has 0 spiro atoms. The molecule has 148 valence electrons. The van der Waals surface area contributed by atoms with E-state index in [1.54, 1.807) is 7.11 Å². The van der Waals surface area contributed by atoms with Crippen molar-refractivity contribution < 1.29 is 9.53 Å². The van der Waals surface area contributed by atoms with Gasteiger partial charge in [0.05, 0.1) is 17.6 Å². The van der Waals surface area contributed by atoms with E-state index in [0.29, 0.717) is 24.2 Å². The highest BCUT2D eigenvalue weighted by molar-refractivity contribution is 7.15. The Bertz CT molecular complexity index is 960. The number of imidazole rings is 1. The summed E-state index contributed by atoms with van der Waals surface area (Å²) in [6.45, 7) is 4.61. The van der Waals surface area contributed by atoms with Crippen molar-refractivity contribution in [1.29, 1.82) is 0 Å². The minimum absolute atomic E-state index is 0.0575. The number of H-pyrrole nitrogens is 1. The summed E-state index contributed by atoms with van der Waals surface area (Å²) in [4.78, 5) is 22.8. The third-order valence-electron chi connectivity index (χ3n) is 5.06. The fourth-order valence-corrected chi connectivity index (χ4v) is 4.33. The van der Waals surface area contributed by atoms with Crippen LogP contribution in [0.25, 0.3) is 11.0 Å². The molecule has 0 radical (unpaired) electrons. The average Bonchev–Trinajstić information content (AvgIpc) is 3.30. The summed E-state index contributed by atoms with van der Waals surface area (Å²) in [5, 5.41) is 12.0. The summed E-state index contributed by atoms with van der Waals surface area (Å²) >= 11 is 1.34. The van der Waals surface area contributed by atoms with Gasteiger partial charge in [-0.3, -0.25) is 15.0 Å². The van der Waals surface area contributed by atoms with Crippen LogP contribution >= 0.6 is 11.3 Å². The second-order valence-corrected chi connectivity index (χ2v) is 8.19. The van der Waals surface area contributed by atoms with E-state index in [0.717, 1.165) is 47.8 Å². The Balaban J connectivity index is 1.29. The summed E-state index contributed by atoms with van der Waals surface area (Å²) in [6, 6.07) is 6.21. The molecule has 1 fully saturated rings. The van der Waals surface area contributed by atoms with Gasteiger partial charge in [0.1, 0.15) is 17.4 Å². The molecule has 2 aromatic heterocycles. The van der Waals surface area contributed by atoms with Crippen molar-refractivity contribution >= 4 is 33.4 Å². The zero-order valence-corrected chi connectivity index (χ0v) is 16.9. The second kappa shape index (κ2) is 8.34. The van der Waals surface area contributed by atoms with Crippen LogP contribution in [0.5, 0.6) is 0 Å². The van der Waals surface area contributed by atoms with Crippen molar-refractivity contribution in [1.82, 2.24) is 25.1 Å². The van der Waals surface area contributed by atoms with Crippen LogP contribution < -0.4 is 5.32 Å². The lowest BCUT2D eigenvalue weighted by molar-refractivity contribution is -0.117. The number of aromatic amines is 1. The number of aryl methyl sites for hydroxylation is 1. The van der Waals surface area contributed by atoms with E-state index in [9.17, 15) is 4.79 Å². The second-order valence-electron chi connectivity index (χ2n) is 7.13. The Morgan fingerprint density at radius 1 is 1.36 bits per heavy atom. The fourth-order valence-electron chi connectivity index (χ4n) is 3.60. The van der Waals surface area contributed by atoms with E-state index < -0.39 is 0 Å². The molecular weight excluding hydrogens is 376 g/mol. The van der Waals surface area contributed by atoms with Gasteiger partial charge in [0.15, 0.2) is 0 Å². The van der Waals surface area contributed by atoms with Crippen LogP contribution in [0.1, 0.15) is 35.2 Å². The number of ether oxygens (including phenoxy) is 1. The van der Waals surface area contributed by atoms with Crippen LogP contribution in [0.4, 0.5) is 5.13 Å². The van der Waals surface area contributed by atoms with Gasteiger partial charge in [-0.05, 0) is 44.5 Å². The monoisotopic (exact) mass is 400 g/mol. The number of rotatable bonds is 6. The van der Waals surface area contributed by atoms with E-state index in [1.165, 1.54) is 16.9 Å². The number of likely N-dealkylation sites (tertiary alicyclic amines) is 1. The number of anilines is 1. The molecule has 0 atom stereocenters. The van der Waals surface area contributed by atoms with E-state index in [2.05, 4.69) is 50.5 Å². The Hall–Kier alpha value is -2.36. The molecule has 0 bridgehead atoms. The third-order valence-corrected chi connectivity index (χ3v) is 5.87. The molecular formula is C19H24N6O2S. The fraction of sp³-hybridized carbons (Fsp3) is 0.474. The maximum absolute atomic E-state index is 12.3. The zero-order valence-electron chi connectivity index (χ0n) is 16.1. The minimum atomic E-state index is -0.0575. The van der Waals surface area contributed by atoms with Gasteiger partial charge in [0, 0.05) is 13.0 Å². The Kier molecular flexibility index (Phi) is 5.65. The lowest BCUT2D eigenvalue weighted by Crippen LogP contribution is -2.38. The first-order chi connectivity index (χ1) is 13.6. The number of nitrogens with zero attached hydrogens (tertiary/aromatic N) is 4. The number of methoxy groups -OCH3 is 1. The van der Waals surface area contributed by atoms with E-state index in [4.69, 9.17) is 9.72 Å². The van der Waals surface area contributed by atoms with Gasteiger partial charge in [-0.25, -0.2) is 4.98 Å². The Labute approximate surface area is 167 Å². The number of carbonyl (C=O) groups is 1. The van der Waals surface area contributed by atoms with Gasteiger partial charge in [0.25, 0.3) is 0 Å². The van der Waals surface area contributed by atoms with Gasteiger partial charge >= 0.3 is 0 Å². The van der Waals surface area contributed by atoms with Crippen LogP contribution in [-0.4, -0.2) is 57.7 Å². The summed E-state index contributed by atoms with van der Waals surface area (Å²) in [7, 11) is 1.61. The van der Waals surface area contributed by atoms with Crippen molar-refractivity contribution in [2.75, 3.05) is 32.1 Å². The highest BCUT2D eigenvalue weighted by atomic mass is 32.1. The number of piperidine rings is 1. The number of fused-ring (bicyclic) bond motifs is 1. The molecule has 3 heterocycles. The highest BCUT2D eigenvalue weighted by Gasteiger charge is 2.24. The molecule has 1 saturated heterocycles. The van der Waals surface area contributed by atoms with Crippen LogP contribution in [-0.2, 0) is 16.1 Å². The Morgan fingerprint density at radius 3 is 2.93 bits per heavy atom. The van der Waals surface area contributed by atoms with E-state index in [1.807, 2.05) is 0 Å². The molecule has 1 amide bonds. The highest BCUT2D eigenvalue weighted by Crippen LogP contribution is 2.28. The molecule has 1 aliphatic heterocycles. The van der Waals surface area contributed by atoms with Crippen molar-refractivity contribution in [2.45, 2.75) is 32.3 Å². The van der Waals surface area contributed by atoms with Crippen LogP contribution in [0, 0.1) is 6.92 Å². The molecule has 0 unspecified atom stereocenters. The molecule has 9 heteroatoms. The number of hydrogen-bond acceptors (Lipinski definition) is 7. The van der Waals surface area contributed by atoms with Crippen molar-refractivity contribution in [3.05, 3.63) is 34.6 Å². The van der Waals surface area contributed by atoms with Crippen molar-refractivity contribution in [2.24, 2.45) is 0 Å². The normalized spacial score (nSPS) is 15.9. The van der Waals surface area contributed by atoms with Gasteiger partial charge < -0.3 is 9.72 Å². The number of nitrogens with one attached hydrogen (secondary N) is 2. The standard InChI is InChI=1S/C19H24N6O2S/c1-12-4-3-5-14-17(12)22-18(20-14)13-6-8-25(9-7-13)10-15(26)21-19-24-23-16(28-19)11-27-2/h3-5,13H,6-11H2,1-2H3,(H,20,22)(H,21,24,26). The molecule has 4 rings (SSSR count). The van der Waals surface area contributed by atoms with Gasteiger partial charge in [-0.2, -0.15) is 0 Å². The Morgan fingerprint density at radius 2 is 2.18 bits per heavy atom. The average molecular weight is 401 g/mol. The number of carbonyl (C=O) groups excluding carboxylic acids is 1. The first kappa shape index (κ1) is 19.0. The quantitative estimate of drug-likeness (QED) is 0.660. The molecule has 1 aliphatic rings. The smallest absolute Gasteiger partial charge is 0.240 e. The van der Waals surface area contributed by atoms with Crippen molar-refractivity contribution in [3.8, 4) is 0 Å². The third kappa shape index (κ3) is 4.21. The van der Waals surface area contributed by atoms with Gasteiger partial charge in [-0.15, -0.1) is 10.2 Å². The summed E-state index contributed by atoms with van der Waals surface area (Å²) in [5.74, 6) is 1.41. The SMILES string of the molecule is COCc1nnc(NC(=O)CN2CCC(c3nc4c(C)cccc4[nH]3)CC2)s1. The topological polar surface area (TPSA) is 96.0 Å². The molecule has 28 heavy (non-hydrogen) atoms. The predicted octanol–water partition coefficient (Wildman–Crippen LogP) is 2.69. The number of hydrogen-bond donors (Lipinski definition) is 2. The molecule has 0 saturated carbocycles. The lowest BCUT2D eigenvalue weighted by Gasteiger charge is -2.30. The van der Waals surface area contributed by atoms with E-state index in [-0.39, 0.29) is 5.91 Å². The molecule has 1 aromatic carbocycles. The molecule has 8 nitrogen and oxygen atoms in total. The molecule has 3 aromatic rings. The summed E-state index contributed by atoms with van der Waals surface area (Å²) < 4.78 is 5.02. The first-order valence-corrected chi connectivity index (χ1v) is 10.2.